The Balaban J connectivity index is 1.80. The van der Waals surface area contributed by atoms with E-state index in [4.69, 9.17) is 4.74 Å². The lowest BCUT2D eigenvalue weighted by atomic mass is 9.86. The third-order valence-electron chi connectivity index (χ3n) is 5.58. The Morgan fingerprint density at radius 3 is 2.65 bits per heavy atom. The first kappa shape index (κ1) is 15.6. The summed E-state index contributed by atoms with van der Waals surface area (Å²) in [5, 5.41) is 4.52. The summed E-state index contributed by atoms with van der Waals surface area (Å²) in [7, 11) is 1.99. The van der Waals surface area contributed by atoms with Crippen LogP contribution < -0.4 is 0 Å². The fourth-order valence-electron chi connectivity index (χ4n) is 4.39. The molecule has 1 atom stereocenters. The fraction of sp³-hybridized carbons (Fsp3) is 0.333. The van der Waals surface area contributed by atoms with Gasteiger partial charge in [-0.3, -0.25) is 9.67 Å². The zero-order valence-electron chi connectivity index (χ0n) is 14.9. The van der Waals surface area contributed by atoms with Crippen LogP contribution in [-0.4, -0.2) is 32.5 Å². The molecule has 5 heteroatoms. The lowest BCUT2D eigenvalue weighted by Crippen LogP contribution is -2.26. The van der Waals surface area contributed by atoms with Crippen LogP contribution in [0.1, 0.15) is 24.4 Å². The molecule has 1 fully saturated rings. The van der Waals surface area contributed by atoms with Crippen molar-refractivity contribution in [3.63, 3.8) is 0 Å². The number of hydrogen-bond acceptors (Lipinski definition) is 3. The molecule has 0 bridgehead atoms. The summed E-state index contributed by atoms with van der Waals surface area (Å²) in [5.74, 6) is 0.533. The van der Waals surface area contributed by atoms with Gasteiger partial charge in [0.25, 0.3) is 0 Å². The molecule has 1 aromatic carbocycles. The van der Waals surface area contributed by atoms with Crippen LogP contribution in [0, 0.1) is 5.92 Å². The first-order valence-corrected chi connectivity index (χ1v) is 9.24. The highest BCUT2D eigenvalue weighted by molar-refractivity contribution is 6.03. The first-order chi connectivity index (χ1) is 12.8. The van der Waals surface area contributed by atoms with Crippen molar-refractivity contribution in [2.24, 2.45) is 13.0 Å². The van der Waals surface area contributed by atoms with Crippen LogP contribution in [0.2, 0.25) is 0 Å². The molecule has 1 unspecified atom stereocenters. The number of benzene rings is 1. The van der Waals surface area contributed by atoms with E-state index >= 15 is 0 Å². The highest BCUT2D eigenvalue weighted by atomic mass is 16.5. The maximum Gasteiger partial charge on any atom is 0.114 e. The van der Waals surface area contributed by atoms with E-state index in [0.29, 0.717) is 5.92 Å². The summed E-state index contributed by atoms with van der Waals surface area (Å²) >= 11 is 0. The second kappa shape index (κ2) is 6.25. The third kappa shape index (κ3) is 2.35. The van der Waals surface area contributed by atoms with Gasteiger partial charge in [0, 0.05) is 26.5 Å². The Bertz CT molecular complexity index is 1040. The van der Waals surface area contributed by atoms with Crippen molar-refractivity contribution < 1.29 is 4.74 Å². The molecule has 1 saturated heterocycles. The molecule has 0 radical (unpaired) electrons. The molecule has 3 aromatic heterocycles. The van der Waals surface area contributed by atoms with Gasteiger partial charge in [-0.1, -0.05) is 30.3 Å². The number of aromatic nitrogens is 4. The highest BCUT2D eigenvalue weighted by Crippen LogP contribution is 2.39. The molecule has 0 aliphatic carbocycles. The lowest BCUT2D eigenvalue weighted by molar-refractivity contribution is 0.0553. The van der Waals surface area contributed by atoms with E-state index in [1.54, 1.807) is 0 Å². The average Bonchev–Trinajstić information content (AvgIpc) is 3.23. The van der Waals surface area contributed by atoms with Crippen molar-refractivity contribution in [2.45, 2.75) is 18.9 Å². The Morgan fingerprint density at radius 2 is 1.85 bits per heavy atom. The minimum absolute atomic E-state index is 0.258. The Labute approximate surface area is 152 Å². The van der Waals surface area contributed by atoms with E-state index in [0.717, 1.165) is 42.6 Å². The molecule has 26 heavy (non-hydrogen) atoms. The largest absolute Gasteiger partial charge is 0.381 e. The summed E-state index contributed by atoms with van der Waals surface area (Å²) < 4.78 is 10.0. The molecule has 5 rings (SSSR count). The molecule has 0 saturated carbocycles. The zero-order valence-corrected chi connectivity index (χ0v) is 14.9. The van der Waals surface area contributed by atoms with Crippen molar-refractivity contribution in [1.29, 1.82) is 0 Å². The van der Waals surface area contributed by atoms with Crippen molar-refractivity contribution in [2.75, 3.05) is 13.2 Å². The summed E-state index contributed by atoms with van der Waals surface area (Å²) in [5.41, 5.74) is 5.80. The van der Waals surface area contributed by atoms with Gasteiger partial charge in [0.1, 0.15) is 11.0 Å². The summed E-state index contributed by atoms with van der Waals surface area (Å²) in [4.78, 5) is 4.68. The maximum absolute atomic E-state index is 5.64. The molecule has 1 aliphatic heterocycles. The average molecular weight is 346 g/mol. The molecule has 5 nitrogen and oxygen atoms in total. The molecule has 132 valence electrons. The molecule has 4 heterocycles. The van der Waals surface area contributed by atoms with Crippen LogP contribution in [0.15, 0.2) is 54.9 Å². The van der Waals surface area contributed by atoms with E-state index in [2.05, 4.69) is 51.0 Å². The van der Waals surface area contributed by atoms with Gasteiger partial charge in [0.15, 0.2) is 0 Å². The van der Waals surface area contributed by atoms with E-state index in [9.17, 15) is 0 Å². The number of nitrogens with zero attached hydrogens (tertiary/aromatic N) is 4. The molecule has 0 N–H and O–H groups in total. The van der Waals surface area contributed by atoms with E-state index in [1.165, 1.54) is 11.1 Å². The van der Waals surface area contributed by atoms with Crippen LogP contribution in [0.25, 0.3) is 22.1 Å². The van der Waals surface area contributed by atoms with Crippen molar-refractivity contribution in [3.05, 3.63) is 60.4 Å². The van der Waals surface area contributed by atoms with Crippen molar-refractivity contribution in [3.8, 4) is 0 Å². The van der Waals surface area contributed by atoms with Crippen molar-refractivity contribution >= 4 is 22.1 Å². The minimum Gasteiger partial charge on any atom is -0.381 e. The summed E-state index contributed by atoms with van der Waals surface area (Å²) in [6, 6.07) is 15.3. The van der Waals surface area contributed by atoms with Gasteiger partial charge >= 0.3 is 0 Å². The Kier molecular flexibility index (Phi) is 3.75. The smallest absolute Gasteiger partial charge is 0.114 e. The predicted octanol–water partition coefficient (Wildman–Crippen LogP) is 3.94. The SMILES string of the molecule is Cn1ncc2c1c1ncccc1n2C(c1ccccc1)C1CCOCC1. The fourth-order valence-corrected chi connectivity index (χ4v) is 4.39. The number of hydrogen-bond donors (Lipinski definition) is 0. The molecular formula is C21H22N4O. The molecule has 4 aromatic rings. The van der Waals surface area contributed by atoms with E-state index in [-0.39, 0.29) is 6.04 Å². The second-order valence-electron chi connectivity index (χ2n) is 7.05. The van der Waals surface area contributed by atoms with Crippen molar-refractivity contribution in [1.82, 2.24) is 19.3 Å². The van der Waals surface area contributed by atoms with Crippen LogP contribution in [0.4, 0.5) is 0 Å². The van der Waals surface area contributed by atoms with Gasteiger partial charge in [-0.05, 0) is 36.5 Å². The minimum atomic E-state index is 0.258. The van der Waals surface area contributed by atoms with Gasteiger partial charge in [-0.2, -0.15) is 5.10 Å². The van der Waals surface area contributed by atoms with Gasteiger partial charge < -0.3 is 9.30 Å². The predicted molar refractivity (Wildman–Crippen MR) is 102 cm³/mol. The Hall–Kier alpha value is -2.66. The molecule has 0 amide bonds. The molecular weight excluding hydrogens is 324 g/mol. The van der Waals surface area contributed by atoms with E-state index in [1.807, 2.05) is 30.2 Å². The Morgan fingerprint density at radius 1 is 1.04 bits per heavy atom. The highest BCUT2D eigenvalue weighted by Gasteiger charge is 2.30. The van der Waals surface area contributed by atoms with Crippen LogP contribution in [-0.2, 0) is 11.8 Å². The van der Waals surface area contributed by atoms with E-state index < -0.39 is 0 Å². The quantitative estimate of drug-likeness (QED) is 0.564. The molecule has 1 aliphatic rings. The topological polar surface area (TPSA) is 44.9 Å². The maximum atomic E-state index is 5.64. The summed E-state index contributed by atoms with van der Waals surface area (Å²) in [6.45, 7) is 1.67. The number of ether oxygens (including phenoxy) is 1. The van der Waals surface area contributed by atoms with Crippen LogP contribution in [0.3, 0.4) is 0 Å². The number of fused-ring (bicyclic) bond motifs is 3. The first-order valence-electron chi connectivity index (χ1n) is 9.24. The normalized spacial score (nSPS) is 17.1. The van der Waals surface area contributed by atoms with Gasteiger partial charge in [0.2, 0.25) is 0 Å². The van der Waals surface area contributed by atoms with Crippen LogP contribution >= 0.6 is 0 Å². The number of pyridine rings is 1. The number of aryl methyl sites for hydroxylation is 1. The summed E-state index contributed by atoms with van der Waals surface area (Å²) in [6.07, 6.45) is 5.99. The van der Waals surface area contributed by atoms with Gasteiger partial charge in [-0.25, -0.2) is 0 Å². The zero-order chi connectivity index (χ0) is 17.5. The third-order valence-corrected chi connectivity index (χ3v) is 5.58. The van der Waals surface area contributed by atoms with Gasteiger partial charge in [0.05, 0.1) is 23.3 Å². The monoisotopic (exact) mass is 346 g/mol. The van der Waals surface area contributed by atoms with Gasteiger partial charge in [-0.15, -0.1) is 0 Å². The second-order valence-corrected chi connectivity index (χ2v) is 7.05. The standard InChI is InChI=1S/C21H22N4O/c1-24-21-18(14-23-24)25(17-8-5-11-22-19(17)21)20(15-6-3-2-4-7-15)16-9-12-26-13-10-16/h2-8,11,14,16,20H,9-10,12-13H2,1H3. The lowest BCUT2D eigenvalue weighted by Gasteiger charge is -2.32. The number of rotatable bonds is 3. The van der Waals surface area contributed by atoms with Crippen LogP contribution in [0.5, 0.6) is 0 Å². The molecule has 0 spiro atoms.